The van der Waals surface area contributed by atoms with Crippen LogP contribution in [-0.2, 0) is 17.5 Å². The van der Waals surface area contributed by atoms with Crippen LogP contribution >= 0.6 is 0 Å². The molecule has 0 aromatic heterocycles. The molecule has 0 bridgehead atoms. The normalized spacial score (nSPS) is 24.0. The highest BCUT2D eigenvalue weighted by Gasteiger charge is 2.36. The second-order valence-electron chi connectivity index (χ2n) is 5.22. The van der Waals surface area contributed by atoms with Gasteiger partial charge in [-0.1, -0.05) is 6.07 Å². The van der Waals surface area contributed by atoms with Crippen LogP contribution in [-0.4, -0.2) is 25.3 Å². The summed E-state index contributed by atoms with van der Waals surface area (Å²) in [6.07, 6.45) is -4.56. The number of nitrogens with zero attached hydrogens (tertiary/aromatic N) is 1. The lowest BCUT2D eigenvalue weighted by atomic mass is 10.1. The van der Waals surface area contributed by atoms with Gasteiger partial charge in [0.15, 0.2) is 0 Å². The van der Waals surface area contributed by atoms with E-state index < -0.39 is 11.7 Å². The van der Waals surface area contributed by atoms with Crippen LogP contribution < -0.4 is 10.6 Å². The average molecular weight is 288 g/mol. The highest BCUT2D eigenvalue weighted by atomic mass is 19.4. The summed E-state index contributed by atoms with van der Waals surface area (Å²) in [6.45, 7) is 4.73. The summed E-state index contributed by atoms with van der Waals surface area (Å²) in [4.78, 5) is 1.74. The smallest absolute Gasteiger partial charge is 0.372 e. The summed E-state index contributed by atoms with van der Waals surface area (Å²) in [5.41, 5.74) is 5.50. The Hall–Kier alpha value is -1.27. The van der Waals surface area contributed by atoms with Gasteiger partial charge >= 0.3 is 6.18 Å². The quantitative estimate of drug-likeness (QED) is 0.909. The lowest BCUT2D eigenvalue weighted by molar-refractivity contribution is -0.137. The van der Waals surface area contributed by atoms with Gasteiger partial charge in [-0.3, -0.25) is 0 Å². The number of alkyl halides is 3. The van der Waals surface area contributed by atoms with E-state index in [9.17, 15) is 13.2 Å². The highest BCUT2D eigenvalue weighted by Crippen LogP contribution is 2.38. The molecular weight excluding hydrogens is 269 g/mol. The van der Waals surface area contributed by atoms with Gasteiger partial charge in [-0.2, -0.15) is 13.2 Å². The number of benzene rings is 1. The molecule has 0 amide bonds. The van der Waals surface area contributed by atoms with Crippen molar-refractivity contribution in [2.24, 2.45) is 5.73 Å². The lowest BCUT2D eigenvalue weighted by Gasteiger charge is -2.38. The molecule has 1 aliphatic rings. The van der Waals surface area contributed by atoms with Crippen molar-refractivity contribution < 1.29 is 17.9 Å². The predicted molar refractivity (Wildman–Crippen MR) is 71.6 cm³/mol. The minimum atomic E-state index is -4.38. The number of halogens is 3. The molecule has 1 fully saturated rings. The fourth-order valence-electron chi connectivity index (χ4n) is 2.59. The number of rotatable bonds is 2. The van der Waals surface area contributed by atoms with Gasteiger partial charge in [0.1, 0.15) is 0 Å². The zero-order valence-corrected chi connectivity index (χ0v) is 11.6. The Bertz CT molecular complexity index is 466. The molecule has 0 spiro atoms. The zero-order valence-electron chi connectivity index (χ0n) is 11.6. The van der Waals surface area contributed by atoms with Crippen molar-refractivity contribution in [2.75, 3.05) is 18.0 Å². The van der Waals surface area contributed by atoms with Crippen LogP contribution in [0.15, 0.2) is 18.2 Å². The van der Waals surface area contributed by atoms with E-state index in [1.807, 2.05) is 13.8 Å². The van der Waals surface area contributed by atoms with Gasteiger partial charge in [0.05, 0.1) is 17.8 Å². The summed E-state index contributed by atoms with van der Waals surface area (Å²) in [5, 5.41) is 0. The first kappa shape index (κ1) is 15.1. The van der Waals surface area contributed by atoms with Gasteiger partial charge in [-0.25, -0.2) is 0 Å². The van der Waals surface area contributed by atoms with E-state index >= 15 is 0 Å². The minimum absolute atomic E-state index is 0.0889. The number of hydrogen-bond acceptors (Lipinski definition) is 3. The van der Waals surface area contributed by atoms with Crippen molar-refractivity contribution in [1.82, 2.24) is 0 Å². The Morgan fingerprint density at radius 1 is 1.25 bits per heavy atom. The molecular formula is C14H19F3N2O. The molecule has 2 N–H and O–H groups in total. The van der Waals surface area contributed by atoms with E-state index in [4.69, 9.17) is 10.5 Å². The van der Waals surface area contributed by atoms with Crippen LogP contribution in [0.3, 0.4) is 0 Å². The van der Waals surface area contributed by atoms with Gasteiger partial charge in [-0.15, -0.1) is 0 Å². The zero-order chi connectivity index (χ0) is 14.9. The van der Waals surface area contributed by atoms with E-state index in [1.54, 1.807) is 11.0 Å². The summed E-state index contributed by atoms with van der Waals surface area (Å²) in [5.74, 6) is 0. The van der Waals surface area contributed by atoms with Gasteiger partial charge in [0, 0.05) is 25.3 Å². The van der Waals surface area contributed by atoms with Crippen LogP contribution in [0.5, 0.6) is 0 Å². The standard InChI is InChI=1S/C14H19F3N2O/c1-9-7-19(8-10(2)20-9)13-4-3-11(6-18)5-12(13)14(15,16)17/h3-5,9-10H,6-8,18H2,1-2H3/t9-,10+. The maximum atomic E-state index is 13.2. The molecule has 1 saturated heterocycles. The van der Waals surface area contributed by atoms with Crippen LogP contribution in [0, 0.1) is 0 Å². The second kappa shape index (κ2) is 5.61. The largest absolute Gasteiger partial charge is 0.418 e. The first-order valence-corrected chi connectivity index (χ1v) is 6.62. The molecule has 20 heavy (non-hydrogen) atoms. The third-order valence-corrected chi connectivity index (χ3v) is 3.36. The molecule has 0 saturated carbocycles. The van der Waals surface area contributed by atoms with Gasteiger partial charge in [0.25, 0.3) is 0 Å². The molecule has 1 heterocycles. The number of ether oxygens (including phenoxy) is 1. The maximum Gasteiger partial charge on any atom is 0.418 e. The molecule has 0 unspecified atom stereocenters. The van der Waals surface area contributed by atoms with E-state index in [0.29, 0.717) is 18.7 Å². The topological polar surface area (TPSA) is 38.5 Å². The molecule has 0 aliphatic carbocycles. The summed E-state index contributed by atoms with van der Waals surface area (Å²) < 4.78 is 45.2. The number of anilines is 1. The fraction of sp³-hybridized carbons (Fsp3) is 0.571. The first-order chi connectivity index (χ1) is 9.31. The first-order valence-electron chi connectivity index (χ1n) is 6.62. The van der Waals surface area contributed by atoms with Crippen LogP contribution in [0.2, 0.25) is 0 Å². The Balaban J connectivity index is 2.40. The van der Waals surface area contributed by atoms with Crippen LogP contribution in [0.4, 0.5) is 18.9 Å². The Morgan fingerprint density at radius 2 is 1.85 bits per heavy atom. The Kier molecular flexibility index (Phi) is 4.25. The van der Waals surface area contributed by atoms with E-state index in [0.717, 1.165) is 6.07 Å². The van der Waals surface area contributed by atoms with Crippen molar-refractivity contribution >= 4 is 5.69 Å². The monoisotopic (exact) mass is 288 g/mol. The van der Waals surface area contributed by atoms with Crippen molar-refractivity contribution in [3.63, 3.8) is 0 Å². The van der Waals surface area contributed by atoms with Gasteiger partial charge < -0.3 is 15.4 Å². The van der Waals surface area contributed by atoms with E-state index in [1.165, 1.54) is 6.07 Å². The maximum absolute atomic E-state index is 13.2. The Morgan fingerprint density at radius 3 is 2.35 bits per heavy atom. The van der Waals surface area contributed by atoms with Crippen molar-refractivity contribution in [1.29, 1.82) is 0 Å². The third kappa shape index (κ3) is 3.24. The number of nitrogens with two attached hydrogens (primary N) is 1. The SMILES string of the molecule is C[C@@H]1CN(c2ccc(CN)cc2C(F)(F)F)C[C@H](C)O1. The van der Waals surface area contributed by atoms with E-state index in [2.05, 4.69) is 0 Å². The summed E-state index contributed by atoms with van der Waals surface area (Å²) in [7, 11) is 0. The molecule has 1 aromatic carbocycles. The average Bonchev–Trinajstić information content (AvgIpc) is 2.35. The van der Waals surface area contributed by atoms with Crippen molar-refractivity contribution in [3.8, 4) is 0 Å². The Labute approximate surface area is 116 Å². The minimum Gasteiger partial charge on any atom is -0.372 e. The third-order valence-electron chi connectivity index (χ3n) is 3.36. The van der Waals surface area contributed by atoms with Crippen LogP contribution in [0.25, 0.3) is 0 Å². The molecule has 2 atom stereocenters. The molecule has 2 rings (SSSR count). The highest BCUT2D eigenvalue weighted by molar-refractivity contribution is 5.57. The second-order valence-corrected chi connectivity index (χ2v) is 5.22. The van der Waals surface area contributed by atoms with Gasteiger partial charge in [0.2, 0.25) is 0 Å². The van der Waals surface area contributed by atoms with Gasteiger partial charge in [-0.05, 0) is 31.5 Å². The molecule has 3 nitrogen and oxygen atoms in total. The number of morpholine rings is 1. The summed E-state index contributed by atoms with van der Waals surface area (Å²) in [6, 6.07) is 4.30. The number of hydrogen-bond donors (Lipinski definition) is 1. The summed E-state index contributed by atoms with van der Waals surface area (Å²) >= 11 is 0. The van der Waals surface area contributed by atoms with Crippen LogP contribution in [0.1, 0.15) is 25.0 Å². The van der Waals surface area contributed by atoms with Crippen molar-refractivity contribution in [3.05, 3.63) is 29.3 Å². The molecule has 1 aromatic rings. The molecule has 0 radical (unpaired) electrons. The predicted octanol–water partition coefficient (Wildman–Crippen LogP) is 2.78. The van der Waals surface area contributed by atoms with E-state index in [-0.39, 0.29) is 24.4 Å². The van der Waals surface area contributed by atoms with Crippen molar-refractivity contribution in [2.45, 2.75) is 38.8 Å². The molecule has 1 aliphatic heterocycles. The lowest BCUT2D eigenvalue weighted by Crippen LogP contribution is -2.46. The fourth-order valence-corrected chi connectivity index (χ4v) is 2.59. The molecule has 6 heteroatoms. The molecule has 112 valence electrons.